The van der Waals surface area contributed by atoms with E-state index in [1.54, 1.807) is 0 Å². The second-order valence-electron chi connectivity index (χ2n) is 5.98. The van der Waals surface area contributed by atoms with Gasteiger partial charge in [-0.25, -0.2) is 0 Å². The molecule has 0 aliphatic heterocycles. The van der Waals surface area contributed by atoms with E-state index in [9.17, 15) is 3.89 Å². The maximum absolute atomic E-state index is 14.6. The lowest BCUT2D eigenvalue weighted by Gasteiger charge is -2.49. The molecule has 0 fully saturated rings. The standard InChI is InChI=1S/C17H35FS6/c1-8-11-13-22-17(24-18,23-14(4)5)16(6,21-12-9-2)15(19-7)20-10-3/h14-15H,8-13H2,1-7H3. The number of hydrogen-bond acceptors (Lipinski definition) is 6. The third-order valence-electron chi connectivity index (χ3n) is 3.48. The highest BCUT2D eigenvalue weighted by molar-refractivity contribution is 8.34. The molecule has 0 nitrogen and oxygen atoms in total. The molecule has 0 heterocycles. The molecule has 0 rings (SSSR count). The van der Waals surface area contributed by atoms with Crippen molar-refractivity contribution >= 4 is 71.0 Å². The van der Waals surface area contributed by atoms with E-state index in [1.165, 1.54) is 6.42 Å². The van der Waals surface area contributed by atoms with Gasteiger partial charge < -0.3 is 0 Å². The fraction of sp³-hybridized carbons (Fsp3) is 1.00. The predicted octanol–water partition coefficient (Wildman–Crippen LogP) is 8.28. The number of unbranched alkanes of at least 4 members (excludes halogenated alkanes) is 1. The minimum atomic E-state index is -0.452. The zero-order chi connectivity index (χ0) is 18.6. The highest BCUT2D eigenvalue weighted by atomic mass is 32.3. The van der Waals surface area contributed by atoms with Crippen molar-refractivity contribution in [1.29, 1.82) is 0 Å². The third kappa shape index (κ3) is 7.57. The summed E-state index contributed by atoms with van der Waals surface area (Å²) in [5, 5.41) is 0.415. The van der Waals surface area contributed by atoms with Crippen molar-refractivity contribution in [3.05, 3.63) is 0 Å². The van der Waals surface area contributed by atoms with Crippen LogP contribution in [0.3, 0.4) is 0 Å². The molecule has 0 bridgehead atoms. The fourth-order valence-corrected chi connectivity index (χ4v) is 12.5. The van der Waals surface area contributed by atoms with Gasteiger partial charge >= 0.3 is 0 Å². The van der Waals surface area contributed by atoms with Gasteiger partial charge in [-0.05, 0) is 43.3 Å². The number of halogens is 1. The molecular formula is C17H35FS6. The van der Waals surface area contributed by atoms with Gasteiger partial charge in [0, 0.05) is 5.25 Å². The van der Waals surface area contributed by atoms with E-state index in [4.69, 9.17) is 0 Å². The molecule has 0 radical (unpaired) electrons. The van der Waals surface area contributed by atoms with Crippen molar-refractivity contribution in [2.75, 3.05) is 23.5 Å². The molecule has 0 aromatic carbocycles. The molecule has 0 saturated heterocycles. The molecule has 0 aliphatic carbocycles. The Kier molecular flexibility index (Phi) is 15.3. The van der Waals surface area contributed by atoms with Crippen molar-refractivity contribution in [1.82, 2.24) is 0 Å². The van der Waals surface area contributed by atoms with Crippen LogP contribution in [0.4, 0.5) is 3.89 Å². The first kappa shape index (κ1) is 26.0. The van der Waals surface area contributed by atoms with Gasteiger partial charge in [-0.2, -0.15) is 15.6 Å². The highest BCUT2D eigenvalue weighted by Gasteiger charge is 2.56. The lowest BCUT2D eigenvalue weighted by atomic mass is 10.2. The second-order valence-corrected chi connectivity index (χ2v) is 14.8. The van der Waals surface area contributed by atoms with E-state index in [1.807, 2.05) is 58.8 Å². The van der Waals surface area contributed by atoms with Crippen molar-refractivity contribution in [2.24, 2.45) is 0 Å². The topological polar surface area (TPSA) is 0 Å². The van der Waals surface area contributed by atoms with Gasteiger partial charge in [0.1, 0.15) is 0 Å². The Balaban J connectivity index is 5.80. The summed E-state index contributed by atoms with van der Waals surface area (Å²) in [6, 6.07) is 0. The van der Waals surface area contributed by atoms with Crippen LogP contribution in [0.1, 0.15) is 60.8 Å². The number of hydrogen-bond donors (Lipinski definition) is 0. The molecule has 0 aromatic heterocycles. The first-order valence-electron chi connectivity index (χ1n) is 8.77. The summed E-state index contributed by atoms with van der Waals surface area (Å²) in [4.78, 5) is 0. The Labute approximate surface area is 176 Å². The van der Waals surface area contributed by atoms with Gasteiger partial charge in [-0.15, -0.1) is 47.0 Å². The molecule has 3 atom stereocenters. The van der Waals surface area contributed by atoms with Crippen LogP contribution in [0.15, 0.2) is 0 Å². The molecular weight excluding hydrogens is 416 g/mol. The number of thioether (sulfide) groups is 5. The summed E-state index contributed by atoms with van der Waals surface area (Å²) < 4.78 is 14.4. The van der Waals surface area contributed by atoms with E-state index in [-0.39, 0.29) is 4.75 Å². The average molecular weight is 451 g/mol. The van der Waals surface area contributed by atoms with Crippen molar-refractivity contribution in [3.8, 4) is 0 Å². The Morgan fingerprint density at radius 1 is 1.00 bits per heavy atom. The molecule has 0 aromatic rings. The summed E-state index contributed by atoms with van der Waals surface area (Å²) in [6.07, 6.45) is 5.64. The Morgan fingerprint density at radius 2 is 1.67 bits per heavy atom. The van der Waals surface area contributed by atoms with Gasteiger partial charge in [0.2, 0.25) is 0 Å². The van der Waals surface area contributed by atoms with E-state index in [0.29, 0.717) is 22.0 Å². The summed E-state index contributed by atoms with van der Waals surface area (Å²) in [6.45, 7) is 13.4. The lowest BCUT2D eigenvalue weighted by Crippen LogP contribution is -2.49. The molecule has 0 N–H and O–H groups in total. The summed E-state index contributed by atoms with van der Waals surface area (Å²) in [5.41, 5.74) is 0. The molecule has 0 spiro atoms. The van der Waals surface area contributed by atoms with Gasteiger partial charge in [0.25, 0.3) is 0 Å². The Bertz CT molecular complexity index is 317. The maximum Gasteiger partial charge on any atom is 0.154 e. The van der Waals surface area contributed by atoms with Crippen LogP contribution in [-0.4, -0.2) is 41.5 Å². The molecule has 0 aliphatic rings. The minimum Gasteiger partial charge on any atom is -0.163 e. The Hall–Kier alpha value is 2.03. The molecule has 7 heteroatoms. The monoisotopic (exact) mass is 450 g/mol. The average Bonchev–Trinajstić information content (AvgIpc) is 2.56. The van der Waals surface area contributed by atoms with Crippen molar-refractivity contribution in [2.45, 2.75) is 78.8 Å². The summed E-state index contributed by atoms with van der Waals surface area (Å²) in [5.74, 6) is 3.20. The van der Waals surface area contributed by atoms with Gasteiger partial charge in [0.05, 0.1) is 21.5 Å². The quantitative estimate of drug-likeness (QED) is 0.180. The molecule has 24 heavy (non-hydrogen) atoms. The zero-order valence-electron chi connectivity index (χ0n) is 16.2. The molecule has 0 saturated carbocycles. The highest BCUT2D eigenvalue weighted by Crippen LogP contribution is 2.64. The number of rotatable bonds is 15. The largest absolute Gasteiger partial charge is 0.163 e. The second kappa shape index (κ2) is 14.1. The molecule has 3 unspecified atom stereocenters. The van der Waals surface area contributed by atoms with Crippen LogP contribution in [-0.2, 0) is 0 Å². The first-order chi connectivity index (χ1) is 11.4. The Morgan fingerprint density at radius 3 is 2.08 bits per heavy atom. The van der Waals surface area contributed by atoms with E-state index < -0.39 is 3.41 Å². The lowest BCUT2D eigenvalue weighted by molar-refractivity contribution is 0.720. The third-order valence-corrected chi connectivity index (χ3v) is 13.7. The van der Waals surface area contributed by atoms with Gasteiger partial charge in [0.15, 0.2) is 3.41 Å². The molecule has 0 amide bonds. The minimum absolute atomic E-state index is 0.129. The first-order valence-corrected chi connectivity index (χ1v) is 14.7. The van der Waals surface area contributed by atoms with Crippen LogP contribution >= 0.6 is 71.0 Å². The van der Waals surface area contributed by atoms with E-state index in [0.717, 1.165) is 30.1 Å². The van der Waals surface area contributed by atoms with Gasteiger partial charge in [-0.3, -0.25) is 0 Å². The van der Waals surface area contributed by atoms with Crippen molar-refractivity contribution < 1.29 is 3.89 Å². The summed E-state index contributed by atoms with van der Waals surface area (Å²) >= 11 is 10.1. The maximum atomic E-state index is 14.6. The van der Waals surface area contributed by atoms with Crippen LogP contribution in [0.2, 0.25) is 0 Å². The summed E-state index contributed by atoms with van der Waals surface area (Å²) in [7, 11) is 0. The smallest absolute Gasteiger partial charge is 0.154 e. The SMILES string of the molecule is CCCCSC(SF)(SC(C)C)C(C)(SCCC)C(SC)SCC. The van der Waals surface area contributed by atoms with Gasteiger partial charge in [-0.1, -0.05) is 41.0 Å². The zero-order valence-corrected chi connectivity index (χ0v) is 21.1. The van der Waals surface area contributed by atoms with E-state index in [2.05, 4.69) is 47.8 Å². The van der Waals surface area contributed by atoms with Crippen LogP contribution in [0, 0.1) is 0 Å². The van der Waals surface area contributed by atoms with E-state index >= 15 is 0 Å². The normalized spacial score (nSPS) is 18.4. The molecule has 146 valence electrons. The van der Waals surface area contributed by atoms with Crippen molar-refractivity contribution in [3.63, 3.8) is 0 Å². The van der Waals surface area contributed by atoms with Crippen LogP contribution < -0.4 is 0 Å². The predicted molar refractivity (Wildman–Crippen MR) is 128 cm³/mol. The van der Waals surface area contributed by atoms with Crippen LogP contribution in [0.25, 0.3) is 0 Å². The fourth-order valence-electron chi connectivity index (χ4n) is 2.29. The van der Waals surface area contributed by atoms with Crippen LogP contribution in [0.5, 0.6) is 0 Å².